The highest BCUT2D eigenvalue weighted by Crippen LogP contribution is 2.46. The normalized spacial score (nSPS) is 25.7. The van der Waals surface area contributed by atoms with Crippen molar-refractivity contribution in [3.63, 3.8) is 0 Å². The van der Waals surface area contributed by atoms with E-state index in [2.05, 4.69) is 68.0 Å². The number of piperidine rings is 1. The fraction of sp³-hybridized carbons (Fsp3) is 0.512. The van der Waals surface area contributed by atoms with E-state index in [4.69, 9.17) is 30.9 Å². The fourth-order valence-corrected chi connectivity index (χ4v) is 14.5. The van der Waals surface area contributed by atoms with Crippen molar-refractivity contribution in [3.8, 4) is 28.7 Å². The number of ether oxygens (including phenoxy) is 2. The van der Waals surface area contributed by atoms with Crippen molar-refractivity contribution in [1.29, 1.82) is 0 Å². The molecule has 4 heterocycles. The van der Waals surface area contributed by atoms with Crippen LogP contribution in [-0.4, -0.2) is 86.5 Å². The third-order valence-corrected chi connectivity index (χ3v) is 18.7. The largest absolute Gasteiger partial charge is 0.462 e. The number of nitrogen functional groups attached to an aromatic ring is 1. The van der Waals surface area contributed by atoms with Crippen LogP contribution in [0.25, 0.3) is 32.9 Å². The van der Waals surface area contributed by atoms with Crippen LogP contribution >= 0.6 is 11.6 Å². The number of likely N-dealkylation sites (tertiary alicyclic amines) is 1. The first-order chi connectivity index (χ1) is 28.6. The molecule has 0 bridgehead atoms. The molecular formula is C43H52ClF3N6O2Si. The first kappa shape index (κ1) is 34.2. The molecular weight excluding hydrogens is 753 g/mol. The summed E-state index contributed by atoms with van der Waals surface area (Å²) in [6.07, 6.45) is 0.300. The zero-order valence-corrected chi connectivity index (χ0v) is 34.6. The summed E-state index contributed by atoms with van der Waals surface area (Å²) in [6.45, 7) is 9.25. The Labute approximate surface area is 341 Å². The molecule has 2 N–H and O–H groups in total. The summed E-state index contributed by atoms with van der Waals surface area (Å²) < 4.78 is 101. The maximum atomic E-state index is 17.6. The smallest absolute Gasteiger partial charge is 0.319 e. The summed E-state index contributed by atoms with van der Waals surface area (Å²) in [7, 11) is -2.26. The molecule has 4 aromatic rings. The molecule has 0 unspecified atom stereocenters. The van der Waals surface area contributed by atoms with Gasteiger partial charge in [-0.05, 0) is 59.2 Å². The van der Waals surface area contributed by atoms with Crippen LogP contribution in [0.1, 0.15) is 67.3 Å². The van der Waals surface area contributed by atoms with Gasteiger partial charge in [0.15, 0.2) is 5.82 Å². The molecule has 56 heavy (non-hydrogen) atoms. The van der Waals surface area contributed by atoms with Crippen LogP contribution in [0, 0.1) is 28.6 Å². The zero-order chi connectivity index (χ0) is 44.6. The highest BCUT2D eigenvalue weighted by atomic mass is 35.5. The van der Waals surface area contributed by atoms with E-state index in [1.54, 1.807) is 29.2 Å². The topological polar surface area (TPSA) is 89.6 Å². The van der Waals surface area contributed by atoms with E-state index in [1.807, 2.05) is 0 Å². The number of fused-ring (bicyclic) bond motifs is 3. The van der Waals surface area contributed by atoms with Gasteiger partial charge in [0, 0.05) is 57.9 Å². The molecule has 0 amide bonds. The number of pyridine rings is 1. The number of nitrogens with two attached hydrogens (primary N) is 1. The van der Waals surface area contributed by atoms with Gasteiger partial charge in [0.1, 0.15) is 37.8 Å². The van der Waals surface area contributed by atoms with Crippen molar-refractivity contribution in [2.24, 2.45) is 11.3 Å². The number of alkyl halides is 1. The number of benzene rings is 2. The summed E-state index contributed by atoms with van der Waals surface area (Å²) in [5.74, 6) is 2.10. The zero-order valence-electron chi connectivity index (χ0n) is 37.8. The van der Waals surface area contributed by atoms with Gasteiger partial charge in [-0.2, -0.15) is 9.97 Å². The molecule has 2 aliphatic heterocycles. The summed E-state index contributed by atoms with van der Waals surface area (Å²) in [4.78, 5) is 16.4. The summed E-state index contributed by atoms with van der Waals surface area (Å²) in [6, 6.07) is 5.58. The Kier molecular flexibility index (Phi) is 9.43. The lowest BCUT2D eigenvalue weighted by atomic mass is 9.78. The van der Waals surface area contributed by atoms with Gasteiger partial charge in [-0.25, -0.2) is 13.2 Å². The van der Waals surface area contributed by atoms with Crippen LogP contribution < -0.4 is 15.4 Å². The molecule has 0 radical (unpaired) electrons. The SMILES string of the molecule is [2H]C([2H])([2H])N1CC/C(=C\F)[C@](C)(C([2H])([2H])Oc2nc(N3CCOC[C@H]4[C@H](F)[C@H]43)c3cnc(-c4cc(N)cc5ccc(Cl)c(C#C[Si](C(C)C)(C(C)C)C(C)C)c45)c(F)c3n2)C1. The molecule has 2 aromatic heterocycles. The molecule has 7 rings (SSSR count). The van der Waals surface area contributed by atoms with E-state index in [0.717, 1.165) is 4.90 Å². The van der Waals surface area contributed by atoms with Gasteiger partial charge in [0.2, 0.25) is 0 Å². The van der Waals surface area contributed by atoms with Crippen molar-refractivity contribution >= 4 is 52.9 Å². The van der Waals surface area contributed by atoms with Crippen molar-refractivity contribution < 1.29 is 29.5 Å². The van der Waals surface area contributed by atoms with Crippen LogP contribution in [0.5, 0.6) is 6.01 Å². The van der Waals surface area contributed by atoms with Crippen LogP contribution in [0.2, 0.25) is 21.6 Å². The van der Waals surface area contributed by atoms with Crippen molar-refractivity contribution in [2.75, 3.05) is 57.0 Å². The third-order valence-electron chi connectivity index (χ3n) is 12.1. The van der Waals surface area contributed by atoms with Crippen LogP contribution in [0.15, 0.2) is 42.4 Å². The maximum Gasteiger partial charge on any atom is 0.319 e. The molecule has 2 aromatic carbocycles. The molecule has 3 aliphatic rings. The summed E-state index contributed by atoms with van der Waals surface area (Å²) in [5, 5.41) is 1.65. The summed E-state index contributed by atoms with van der Waals surface area (Å²) >= 11 is 6.95. The number of rotatable bonds is 8. The van der Waals surface area contributed by atoms with Gasteiger partial charge in [-0.1, -0.05) is 72.1 Å². The average molecular weight is 810 g/mol. The molecule has 2 saturated heterocycles. The first-order valence-corrected chi connectivity index (χ1v) is 21.8. The molecule has 13 heteroatoms. The van der Waals surface area contributed by atoms with Gasteiger partial charge in [0.05, 0.1) is 44.3 Å². The Bertz CT molecular complexity index is 2440. The molecule has 3 fully saturated rings. The van der Waals surface area contributed by atoms with E-state index in [0.29, 0.717) is 43.7 Å². The van der Waals surface area contributed by atoms with Gasteiger partial charge >= 0.3 is 6.01 Å². The van der Waals surface area contributed by atoms with E-state index < -0.39 is 63.5 Å². The molecule has 4 atom stereocenters. The lowest BCUT2D eigenvalue weighted by Gasteiger charge is -2.40. The van der Waals surface area contributed by atoms with Crippen LogP contribution in [0.3, 0.4) is 0 Å². The maximum absolute atomic E-state index is 17.6. The van der Waals surface area contributed by atoms with Crippen LogP contribution in [-0.2, 0) is 4.74 Å². The van der Waals surface area contributed by atoms with Gasteiger partial charge < -0.3 is 25.0 Å². The number of nitrogens with zero attached hydrogens (tertiary/aromatic N) is 5. The monoisotopic (exact) mass is 809 g/mol. The predicted molar refractivity (Wildman–Crippen MR) is 223 cm³/mol. The second-order valence-corrected chi connectivity index (χ2v) is 22.4. The Hall–Kier alpha value is -3.89. The van der Waals surface area contributed by atoms with Gasteiger partial charge in [-0.15, -0.1) is 5.54 Å². The lowest BCUT2D eigenvalue weighted by Crippen LogP contribution is -2.44. The Morgan fingerprint density at radius 3 is 2.62 bits per heavy atom. The second kappa shape index (κ2) is 15.5. The van der Waals surface area contributed by atoms with E-state index in [9.17, 15) is 7.13 Å². The van der Waals surface area contributed by atoms with E-state index in [1.165, 1.54) is 13.1 Å². The predicted octanol–water partition coefficient (Wildman–Crippen LogP) is 9.54. The molecule has 298 valence electrons. The quantitative estimate of drug-likeness (QED) is 0.107. The van der Waals surface area contributed by atoms with Crippen molar-refractivity contribution in [1.82, 2.24) is 19.9 Å². The average Bonchev–Trinajstić information content (AvgIpc) is 3.87. The highest BCUT2D eigenvalue weighted by Gasteiger charge is 2.56. The number of anilines is 2. The van der Waals surface area contributed by atoms with Crippen LogP contribution in [0.4, 0.5) is 24.7 Å². The molecule has 1 aliphatic carbocycles. The standard InChI is InChI=1S/C43H52ClF3N6O2Si/c1-24(2)56(25(3)4,26(5)6)16-12-30-34(44)10-9-27-17-29(48)18-31(35(27)30)38-37(47)39-32(20-49-38)41(53-14-15-54-21-33-36(46)40(33)53)51-42(50-39)55-23-43(7)22-52(8)13-11-28(43)19-45/h9-10,17-20,24-26,33,36,40H,11,13-15,21-23,48H2,1-8H3/b28-19+/t33-,36-,40-,43-/m0/s1/i8D3,23D2. The Morgan fingerprint density at radius 2 is 1.93 bits per heavy atom. The molecule has 0 spiro atoms. The second-order valence-electron chi connectivity index (χ2n) is 16.5. The minimum absolute atomic E-state index is 0.0105. The minimum Gasteiger partial charge on any atom is -0.462 e. The number of halogens is 4. The summed E-state index contributed by atoms with van der Waals surface area (Å²) in [5.41, 5.74) is 9.96. The number of aromatic nitrogens is 3. The Balaban J connectivity index is 1.45. The third kappa shape index (κ3) is 7.03. The molecule has 1 saturated carbocycles. The fourth-order valence-electron chi connectivity index (χ4n) is 9.06. The molecule has 8 nitrogen and oxygen atoms in total. The highest BCUT2D eigenvalue weighted by molar-refractivity contribution is 6.90. The van der Waals surface area contributed by atoms with Gasteiger partial charge in [0.25, 0.3) is 0 Å². The van der Waals surface area contributed by atoms with Gasteiger partial charge in [-0.3, -0.25) is 4.98 Å². The Morgan fingerprint density at radius 1 is 1.18 bits per heavy atom. The van der Waals surface area contributed by atoms with Crippen molar-refractivity contribution in [3.05, 3.63) is 58.8 Å². The minimum atomic E-state index is -2.84. The van der Waals surface area contributed by atoms with E-state index in [-0.39, 0.29) is 72.6 Å². The first-order valence-electron chi connectivity index (χ1n) is 21.7. The number of hydrogen-bond acceptors (Lipinski definition) is 8. The van der Waals surface area contributed by atoms with E-state index >= 15 is 8.78 Å². The number of hydrogen-bond donors (Lipinski definition) is 1. The van der Waals surface area contributed by atoms with Crippen molar-refractivity contribution in [2.45, 2.75) is 83.7 Å². The lowest BCUT2D eigenvalue weighted by molar-refractivity contribution is 0.109.